The number of aliphatic imine (C=N–C) groups is 1. The number of hydrogen-bond donors (Lipinski definition) is 2. The molecule has 0 fully saturated rings. The minimum absolute atomic E-state index is 0.0874. The van der Waals surface area contributed by atoms with Gasteiger partial charge in [0.15, 0.2) is 5.58 Å². The second-order valence-corrected chi connectivity index (χ2v) is 8.38. The molecule has 0 bridgehead atoms. The molecule has 0 radical (unpaired) electrons. The van der Waals surface area contributed by atoms with Crippen molar-refractivity contribution < 1.29 is 14.6 Å². The van der Waals surface area contributed by atoms with Crippen molar-refractivity contribution in [3.63, 3.8) is 0 Å². The van der Waals surface area contributed by atoms with Crippen molar-refractivity contribution in [2.24, 2.45) is 4.99 Å². The van der Waals surface area contributed by atoms with E-state index in [1.807, 2.05) is 31.2 Å². The molecule has 29 heavy (non-hydrogen) atoms. The Labute approximate surface area is 187 Å². The summed E-state index contributed by atoms with van der Waals surface area (Å²) in [6.07, 6.45) is 1.47. The second kappa shape index (κ2) is 7.82. The zero-order valence-corrected chi connectivity index (χ0v) is 18.9. The Kier molecular flexibility index (Phi) is 5.38. The highest BCUT2D eigenvalue weighted by molar-refractivity contribution is 9.11. The van der Waals surface area contributed by atoms with Gasteiger partial charge in [-0.05, 0) is 74.7 Å². The molecule has 146 valence electrons. The van der Waals surface area contributed by atoms with Crippen LogP contribution < -0.4 is 0 Å². The fraction of sp³-hybridized carbons (Fsp3) is 0.0476. The molecule has 2 N–H and O–H groups in total. The number of phenolic OH excluding ortho intramolecular Hbond substituents is 2. The monoisotopic (exact) mass is 534 g/mol. The predicted molar refractivity (Wildman–Crippen MR) is 122 cm³/mol. The van der Waals surface area contributed by atoms with Crippen LogP contribution in [-0.2, 0) is 0 Å². The molecule has 0 saturated heterocycles. The molecule has 5 nitrogen and oxygen atoms in total. The number of halogens is 3. The van der Waals surface area contributed by atoms with Gasteiger partial charge in [0.2, 0.25) is 5.89 Å². The van der Waals surface area contributed by atoms with Gasteiger partial charge in [-0.25, -0.2) is 4.98 Å². The molecule has 0 unspecified atom stereocenters. The van der Waals surface area contributed by atoms with Crippen LogP contribution in [-0.4, -0.2) is 21.4 Å². The second-order valence-electron chi connectivity index (χ2n) is 6.32. The first-order valence-electron chi connectivity index (χ1n) is 8.45. The Morgan fingerprint density at radius 1 is 1.10 bits per heavy atom. The van der Waals surface area contributed by atoms with Crippen molar-refractivity contribution in [2.75, 3.05) is 0 Å². The third kappa shape index (κ3) is 3.77. The van der Waals surface area contributed by atoms with Gasteiger partial charge in [0.05, 0.1) is 15.2 Å². The summed E-state index contributed by atoms with van der Waals surface area (Å²) in [5.74, 6) is 0.274. The largest absolute Gasteiger partial charge is 0.506 e. The predicted octanol–water partition coefficient (Wildman–Crippen LogP) is 7.14. The highest BCUT2D eigenvalue weighted by Crippen LogP contribution is 2.41. The average molecular weight is 537 g/mol. The van der Waals surface area contributed by atoms with Gasteiger partial charge >= 0.3 is 0 Å². The van der Waals surface area contributed by atoms with Crippen LogP contribution in [0, 0.1) is 6.92 Å². The summed E-state index contributed by atoms with van der Waals surface area (Å²) in [6, 6.07) is 12.6. The van der Waals surface area contributed by atoms with Crippen molar-refractivity contribution >= 4 is 66.5 Å². The van der Waals surface area contributed by atoms with Crippen LogP contribution >= 0.6 is 43.5 Å². The SMILES string of the molecule is Cc1cccc2oc(-c3ccc(N=Cc4cc(Br)c(O)c(Br)c4O)c(Cl)c3)nc12. The van der Waals surface area contributed by atoms with E-state index >= 15 is 0 Å². The van der Waals surface area contributed by atoms with Gasteiger partial charge in [-0.1, -0.05) is 23.7 Å². The summed E-state index contributed by atoms with van der Waals surface area (Å²) in [5, 5.41) is 20.4. The Morgan fingerprint density at radius 3 is 2.62 bits per heavy atom. The quantitative estimate of drug-likeness (QED) is 0.273. The molecule has 0 amide bonds. The number of oxazole rings is 1. The Morgan fingerprint density at radius 2 is 1.90 bits per heavy atom. The van der Waals surface area contributed by atoms with Gasteiger partial charge in [0.1, 0.15) is 21.5 Å². The van der Waals surface area contributed by atoms with Crippen LogP contribution in [0.5, 0.6) is 11.5 Å². The molecule has 0 saturated carbocycles. The van der Waals surface area contributed by atoms with Crippen LogP contribution in [0.25, 0.3) is 22.6 Å². The molecule has 0 aliphatic heterocycles. The lowest BCUT2D eigenvalue weighted by Gasteiger charge is -2.06. The molecular weight excluding hydrogens is 524 g/mol. The first-order valence-corrected chi connectivity index (χ1v) is 10.4. The third-order valence-corrected chi connectivity index (χ3v) is 6.01. The van der Waals surface area contributed by atoms with E-state index in [0.29, 0.717) is 26.6 Å². The van der Waals surface area contributed by atoms with E-state index in [2.05, 4.69) is 41.8 Å². The van der Waals surface area contributed by atoms with E-state index in [-0.39, 0.29) is 16.0 Å². The van der Waals surface area contributed by atoms with Crippen molar-refractivity contribution in [2.45, 2.75) is 6.92 Å². The molecule has 1 heterocycles. The van der Waals surface area contributed by atoms with Gasteiger partial charge < -0.3 is 14.6 Å². The summed E-state index contributed by atoms with van der Waals surface area (Å²) in [4.78, 5) is 8.90. The number of phenols is 2. The minimum Gasteiger partial charge on any atom is -0.506 e. The molecule has 0 aliphatic carbocycles. The van der Waals surface area contributed by atoms with E-state index in [1.165, 1.54) is 6.21 Å². The van der Waals surface area contributed by atoms with Crippen molar-refractivity contribution in [1.82, 2.24) is 4.98 Å². The first kappa shape index (κ1) is 19.9. The summed E-state index contributed by atoms with van der Waals surface area (Å²) >= 11 is 12.8. The van der Waals surface area contributed by atoms with Crippen LogP contribution in [0.4, 0.5) is 5.69 Å². The lowest BCUT2D eigenvalue weighted by Crippen LogP contribution is -1.86. The summed E-state index contributed by atoms with van der Waals surface area (Å²) in [7, 11) is 0. The van der Waals surface area contributed by atoms with Crippen molar-refractivity contribution in [3.8, 4) is 23.0 Å². The van der Waals surface area contributed by atoms with E-state index in [0.717, 1.165) is 22.2 Å². The summed E-state index contributed by atoms with van der Waals surface area (Å²) in [5.41, 5.74) is 4.24. The fourth-order valence-corrected chi connectivity index (χ4v) is 4.19. The maximum Gasteiger partial charge on any atom is 0.227 e. The van der Waals surface area contributed by atoms with Crippen LogP contribution in [0.3, 0.4) is 0 Å². The van der Waals surface area contributed by atoms with E-state index in [9.17, 15) is 10.2 Å². The van der Waals surface area contributed by atoms with Crippen molar-refractivity contribution in [3.05, 3.63) is 67.6 Å². The number of aromatic nitrogens is 1. The molecule has 4 rings (SSSR count). The fourth-order valence-electron chi connectivity index (χ4n) is 2.81. The number of aryl methyl sites for hydroxylation is 1. The smallest absolute Gasteiger partial charge is 0.227 e. The molecule has 3 aromatic carbocycles. The van der Waals surface area contributed by atoms with Gasteiger partial charge in [0.25, 0.3) is 0 Å². The van der Waals surface area contributed by atoms with E-state index < -0.39 is 0 Å². The molecule has 8 heteroatoms. The molecular formula is C21H13Br2ClN2O3. The number of fused-ring (bicyclic) bond motifs is 1. The maximum atomic E-state index is 10.2. The summed E-state index contributed by atoms with van der Waals surface area (Å²) < 4.78 is 6.45. The zero-order chi connectivity index (χ0) is 20.7. The molecule has 0 atom stereocenters. The molecule has 0 aliphatic rings. The normalized spacial score (nSPS) is 11.6. The van der Waals surface area contributed by atoms with E-state index in [4.69, 9.17) is 16.0 Å². The number of para-hydroxylation sites is 1. The van der Waals surface area contributed by atoms with Gasteiger partial charge in [0, 0.05) is 17.3 Å². The first-order chi connectivity index (χ1) is 13.8. The van der Waals surface area contributed by atoms with E-state index in [1.54, 1.807) is 18.2 Å². The lowest BCUT2D eigenvalue weighted by molar-refractivity contribution is 0.442. The molecule has 1 aromatic heterocycles. The van der Waals surface area contributed by atoms with Crippen molar-refractivity contribution in [1.29, 1.82) is 0 Å². The Bertz CT molecular complexity index is 1280. The van der Waals surface area contributed by atoms with Gasteiger partial charge in [-0.15, -0.1) is 0 Å². The lowest BCUT2D eigenvalue weighted by atomic mass is 10.2. The highest BCUT2D eigenvalue weighted by Gasteiger charge is 2.14. The number of aromatic hydroxyl groups is 2. The van der Waals surface area contributed by atoms with Crippen LogP contribution in [0.2, 0.25) is 5.02 Å². The standard InChI is InChI=1S/C21H13Br2ClN2O3/c1-10-3-2-4-16-18(10)26-21(29-16)11-5-6-15(14(24)8-11)25-9-12-7-13(22)20(28)17(23)19(12)27/h2-9,27-28H,1H3. The van der Waals surface area contributed by atoms with Gasteiger partial charge in [-0.3, -0.25) is 4.99 Å². The van der Waals surface area contributed by atoms with Gasteiger partial charge in [-0.2, -0.15) is 0 Å². The van der Waals surface area contributed by atoms with Crippen LogP contribution in [0.15, 0.2) is 60.8 Å². The minimum atomic E-state index is -0.121. The summed E-state index contributed by atoms with van der Waals surface area (Å²) in [6.45, 7) is 1.98. The van der Waals surface area contributed by atoms with Crippen LogP contribution in [0.1, 0.15) is 11.1 Å². The Hall–Kier alpha value is -2.35. The number of rotatable bonds is 3. The third-order valence-electron chi connectivity index (χ3n) is 4.36. The zero-order valence-electron chi connectivity index (χ0n) is 14.9. The molecule has 0 spiro atoms. The maximum absolute atomic E-state index is 10.2. The highest BCUT2D eigenvalue weighted by atomic mass is 79.9. The topological polar surface area (TPSA) is 78.9 Å². The Balaban J connectivity index is 1.67. The molecule has 4 aromatic rings. The number of hydrogen-bond acceptors (Lipinski definition) is 5. The average Bonchev–Trinajstić information content (AvgIpc) is 3.14. The number of nitrogens with zero attached hydrogens (tertiary/aromatic N) is 2. The number of benzene rings is 3.